The monoisotopic (exact) mass is 260 g/mol. The summed E-state index contributed by atoms with van der Waals surface area (Å²) in [7, 11) is 0. The topological polar surface area (TPSA) is 38.9 Å². The van der Waals surface area contributed by atoms with Crippen molar-refractivity contribution >= 4 is 22.1 Å². The molecule has 0 atom stereocenters. The largest absolute Gasteiger partial charge is 0.438 e. The number of furan rings is 1. The van der Waals surface area contributed by atoms with Crippen LogP contribution in [0, 0.1) is 6.92 Å². The lowest BCUT2D eigenvalue weighted by Gasteiger charge is -2.01. The van der Waals surface area contributed by atoms with Gasteiger partial charge in [0.1, 0.15) is 5.58 Å². The molecule has 20 heavy (non-hydrogen) atoms. The lowest BCUT2D eigenvalue weighted by molar-refractivity contribution is 0.654. The van der Waals surface area contributed by atoms with Crippen molar-refractivity contribution in [2.75, 3.05) is 0 Å². The van der Waals surface area contributed by atoms with E-state index in [9.17, 15) is 0 Å². The molecule has 3 heteroatoms. The summed E-state index contributed by atoms with van der Waals surface area (Å²) in [5.74, 6) is 0. The van der Waals surface area contributed by atoms with Crippen molar-refractivity contribution < 1.29 is 4.42 Å². The SMILES string of the molecule is Cc1ccnc(-c2ccc3c(c2)oc2ncccc23)c1. The highest BCUT2D eigenvalue weighted by Gasteiger charge is 2.09. The zero-order chi connectivity index (χ0) is 13.5. The maximum absolute atomic E-state index is 5.81. The van der Waals surface area contributed by atoms with Crippen LogP contribution in [0.5, 0.6) is 0 Å². The summed E-state index contributed by atoms with van der Waals surface area (Å²) in [4.78, 5) is 8.67. The summed E-state index contributed by atoms with van der Waals surface area (Å²) in [5.41, 5.74) is 4.73. The maximum atomic E-state index is 5.81. The van der Waals surface area contributed by atoms with Crippen LogP contribution in [0.1, 0.15) is 5.56 Å². The van der Waals surface area contributed by atoms with Gasteiger partial charge in [-0.3, -0.25) is 4.98 Å². The zero-order valence-corrected chi connectivity index (χ0v) is 11.0. The summed E-state index contributed by atoms with van der Waals surface area (Å²) in [6, 6.07) is 14.2. The van der Waals surface area contributed by atoms with Crippen LogP contribution in [-0.2, 0) is 0 Å². The van der Waals surface area contributed by atoms with E-state index < -0.39 is 0 Å². The molecule has 3 heterocycles. The van der Waals surface area contributed by atoms with Crippen LogP contribution in [0.2, 0.25) is 0 Å². The van der Waals surface area contributed by atoms with Crippen LogP contribution in [0.15, 0.2) is 59.3 Å². The Morgan fingerprint density at radius 3 is 2.75 bits per heavy atom. The molecule has 3 aromatic heterocycles. The summed E-state index contributed by atoms with van der Waals surface area (Å²) in [5, 5.41) is 2.13. The van der Waals surface area contributed by atoms with Gasteiger partial charge in [-0.05, 0) is 48.9 Å². The van der Waals surface area contributed by atoms with Crippen LogP contribution in [0.25, 0.3) is 33.3 Å². The van der Waals surface area contributed by atoms with Crippen molar-refractivity contribution in [3.63, 3.8) is 0 Å². The number of aryl methyl sites for hydroxylation is 1. The lowest BCUT2D eigenvalue weighted by Crippen LogP contribution is -1.83. The highest BCUT2D eigenvalue weighted by Crippen LogP contribution is 2.30. The molecule has 0 fully saturated rings. The minimum atomic E-state index is 0.678. The van der Waals surface area contributed by atoms with Gasteiger partial charge < -0.3 is 4.42 Å². The van der Waals surface area contributed by atoms with E-state index in [1.54, 1.807) is 6.20 Å². The Morgan fingerprint density at radius 1 is 0.900 bits per heavy atom. The van der Waals surface area contributed by atoms with Gasteiger partial charge in [0.05, 0.1) is 5.69 Å². The highest BCUT2D eigenvalue weighted by molar-refractivity contribution is 6.04. The number of fused-ring (bicyclic) bond motifs is 3. The van der Waals surface area contributed by atoms with E-state index in [-0.39, 0.29) is 0 Å². The smallest absolute Gasteiger partial charge is 0.227 e. The summed E-state index contributed by atoms with van der Waals surface area (Å²) >= 11 is 0. The second kappa shape index (κ2) is 4.17. The second-order valence-corrected chi connectivity index (χ2v) is 4.89. The van der Waals surface area contributed by atoms with Gasteiger partial charge in [0.25, 0.3) is 0 Å². The van der Waals surface area contributed by atoms with Gasteiger partial charge in [0, 0.05) is 28.7 Å². The molecule has 4 rings (SSSR count). The van der Waals surface area contributed by atoms with Crippen molar-refractivity contribution in [1.82, 2.24) is 9.97 Å². The Balaban J connectivity index is 1.97. The van der Waals surface area contributed by atoms with Gasteiger partial charge in [-0.1, -0.05) is 6.07 Å². The number of hydrogen-bond donors (Lipinski definition) is 0. The Bertz CT molecular complexity index is 924. The third-order valence-electron chi connectivity index (χ3n) is 3.46. The molecule has 0 saturated carbocycles. The zero-order valence-electron chi connectivity index (χ0n) is 11.0. The molecule has 0 spiro atoms. The summed E-state index contributed by atoms with van der Waals surface area (Å²) in [6.45, 7) is 2.06. The predicted molar refractivity (Wildman–Crippen MR) is 79.5 cm³/mol. The average Bonchev–Trinajstić information content (AvgIpc) is 2.85. The number of nitrogens with zero attached hydrogens (tertiary/aromatic N) is 2. The van der Waals surface area contributed by atoms with Crippen molar-refractivity contribution in [3.05, 3.63) is 60.4 Å². The van der Waals surface area contributed by atoms with Crippen molar-refractivity contribution in [2.45, 2.75) is 6.92 Å². The van der Waals surface area contributed by atoms with E-state index in [0.29, 0.717) is 5.71 Å². The standard InChI is InChI=1S/C17H12N2O/c1-11-6-8-18-15(9-11)12-4-5-13-14-3-2-7-19-17(14)20-16(13)10-12/h2-10H,1H3. The fourth-order valence-corrected chi connectivity index (χ4v) is 2.46. The molecule has 0 aliphatic heterocycles. The van der Waals surface area contributed by atoms with Crippen LogP contribution in [-0.4, -0.2) is 9.97 Å². The van der Waals surface area contributed by atoms with Crippen LogP contribution in [0.4, 0.5) is 0 Å². The highest BCUT2D eigenvalue weighted by atomic mass is 16.3. The van der Waals surface area contributed by atoms with Gasteiger partial charge in [-0.25, -0.2) is 4.98 Å². The molecule has 0 N–H and O–H groups in total. The molecular formula is C17H12N2O. The van der Waals surface area contributed by atoms with Gasteiger partial charge in [-0.15, -0.1) is 0 Å². The van der Waals surface area contributed by atoms with Gasteiger partial charge in [-0.2, -0.15) is 0 Å². The molecule has 0 saturated heterocycles. The Labute approximate surface area is 115 Å². The van der Waals surface area contributed by atoms with E-state index in [1.165, 1.54) is 5.56 Å². The fraction of sp³-hybridized carbons (Fsp3) is 0.0588. The second-order valence-electron chi connectivity index (χ2n) is 4.89. The summed E-state index contributed by atoms with van der Waals surface area (Å²) in [6.07, 6.45) is 3.57. The molecule has 3 nitrogen and oxygen atoms in total. The van der Waals surface area contributed by atoms with E-state index in [0.717, 1.165) is 27.6 Å². The number of rotatable bonds is 1. The molecule has 0 amide bonds. The number of benzene rings is 1. The van der Waals surface area contributed by atoms with Crippen molar-refractivity contribution in [2.24, 2.45) is 0 Å². The van der Waals surface area contributed by atoms with Crippen molar-refractivity contribution in [1.29, 1.82) is 0 Å². The Kier molecular flexibility index (Phi) is 2.33. The van der Waals surface area contributed by atoms with Crippen molar-refractivity contribution in [3.8, 4) is 11.3 Å². The number of pyridine rings is 2. The maximum Gasteiger partial charge on any atom is 0.227 e. The van der Waals surface area contributed by atoms with Crippen LogP contribution < -0.4 is 0 Å². The lowest BCUT2D eigenvalue weighted by atomic mass is 10.1. The molecule has 0 unspecified atom stereocenters. The normalized spacial score (nSPS) is 11.2. The first-order valence-electron chi connectivity index (χ1n) is 6.51. The van der Waals surface area contributed by atoms with Gasteiger partial charge in [0.2, 0.25) is 5.71 Å². The minimum absolute atomic E-state index is 0.678. The van der Waals surface area contributed by atoms with E-state index in [2.05, 4.69) is 35.1 Å². The first kappa shape index (κ1) is 11.2. The Morgan fingerprint density at radius 2 is 1.85 bits per heavy atom. The third kappa shape index (κ3) is 1.67. The first-order valence-corrected chi connectivity index (χ1v) is 6.51. The quantitative estimate of drug-likeness (QED) is 0.510. The molecule has 0 bridgehead atoms. The molecule has 4 aromatic rings. The molecule has 1 aromatic carbocycles. The molecule has 0 aliphatic rings. The van der Waals surface area contributed by atoms with E-state index >= 15 is 0 Å². The average molecular weight is 260 g/mol. The van der Waals surface area contributed by atoms with E-state index in [4.69, 9.17) is 4.42 Å². The first-order chi connectivity index (χ1) is 9.81. The van der Waals surface area contributed by atoms with Crippen LogP contribution >= 0.6 is 0 Å². The number of aromatic nitrogens is 2. The van der Waals surface area contributed by atoms with E-state index in [1.807, 2.05) is 30.5 Å². The van der Waals surface area contributed by atoms with Crippen LogP contribution in [0.3, 0.4) is 0 Å². The van der Waals surface area contributed by atoms with Gasteiger partial charge in [0.15, 0.2) is 0 Å². The Hall–Kier alpha value is -2.68. The predicted octanol–water partition coefficient (Wildman–Crippen LogP) is 4.35. The number of hydrogen-bond acceptors (Lipinski definition) is 3. The fourth-order valence-electron chi connectivity index (χ4n) is 2.46. The molecule has 0 aliphatic carbocycles. The molecule has 0 radical (unpaired) electrons. The minimum Gasteiger partial charge on any atom is -0.438 e. The van der Waals surface area contributed by atoms with Gasteiger partial charge >= 0.3 is 0 Å². The third-order valence-corrected chi connectivity index (χ3v) is 3.46. The summed E-state index contributed by atoms with van der Waals surface area (Å²) < 4.78 is 5.81. The molecular weight excluding hydrogens is 248 g/mol. The molecule has 96 valence electrons.